The third-order valence-corrected chi connectivity index (χ3v) is 4.97. The second kappa shape index (κ2) is 8.97. The van der Waals surface area contributed by atoms with Crippen LogP contribution in [0, 0.1) is 21.4 Å². The summed E-state index contributed by atoms with van der Waals surface area (Å²) in [5, 5.41) is 21.6. The molecular weight excluding hydrogens is 390 g/mol. The summed E-state index contributed by atoms with van der Waals surface area (Å²) in [6.07, 6.45) is 3.82. The monoisotopic (exact) mass is 409 g/mol. The SMILES string of the molecule is N#C/C(=C/c1cn(CCOc2ccccc2)c2ccccc12)c1ccc([N+](=O)[O-])cc1. The number of benzene rings is 3. The topological polar surface area (TPSA) is 81.1 Å². The summed E-state index contributed by atoms with van der Waals surface area (Å²) in [5.41, 5.74) is 3.03. The molecule has 0 amide bonds. The number of fused-ring (bicyclic) bond motifs is 1. The van der Waals surface area contributed by atoms with Gasteiger partial charge in [0.15, 0.2) is 0 Å². The average Bonchev–Trinajstić information content (AvgIpc) is 3.16. The standard InChI is InChI=1S/C25H19N3O3/c26-17-20(19-10-12-22(13-11-19)28(29)30)16-21-18-27(25-9-5-4-8-24(21)25)14-15-31-23-6-2-1-3-7-23/h1-13,16,18H,14-15H2/b20-16-. The molecule has 0 unspecified atom stereocenters. The Labute approximate surface area is 179 Å². The molecule has 6 nitrogen and oxygen atoms in total. The molecule has 0 spiro atoms. The largest absolute Gasteiger partial charge is 0.492 e. The molecule has 1 heterocycles. The molecule has 0 radical (unpaired) electrons. The van der Waals surface area contributed by atoms with Crippen molar-refractivity contribution in [2.75, 3.05) is 6.61 Å². The van der Waals surface area contributed by atoms with E-state index in [1.165, 1.54) is 12.1 Å². The maximum Gasteiger partial charge on any atom is 0.269 e. The van der Waals surface area contributed by atoms with Crippen molar-refractivity contribution < 1.29 is 9.66 Å². The number of rotatable bonds is 7. The summed E-state index contributed by atoms with van der Waals surface area (Å²) in [7, 11) is 0. The number of nitrogens with zero attached hydrogens (tertiary/aromatic N) is 3. The van der Waals surface area contributed by atoms with Crippen LogP contribution < -0.4 is 4.74 Å². The molecule has 0 aliphatic rings. The smallest absolute Gasteiger partial charge is 0.269 e. The Morgan fingerprint density at radius 1 is 1.03 bits per heavy atom. The second-order valence-electron chi connectivity index (χ2n) is 6.93. The van der Waals surface area contributed by atoms with Gasteiger partial charge in [-0.2, -0.15) is 5.26 Å². The van der Waals surface area contributed by atoms with Crippen LogP contribution in [0.4, 0.5) is 5.69 Å². The first-order valence-electron chi connectivity index (χ1n) is 9.78. The lowest BCUT2D eigenvalue weighted by Crippen LogP contribution is -2.07. The maximum atomic E-state index is 10.9. The molecule has 1 aromatic heterocycles. The number of hydrogen-bond donors (Lipinski definition) is 0. The van der Waals surface area contributed by atoms with Gasteiger partial charge in [0.05, 0.1) is 23.1 Å². The molecule has 0 saturated carbocycles. The minimum Gasteiger partial charge on any atom is -0.492 e. The van der Waals surface area contributed by atoms with Gasteiger partial charge in [-0.25, -0.2) is 0 Å². The predicted molar refractivity (Wildman–Crippen MR) is 120 cm³/mol. The van der Waals surface area contributed by atoms with Crippen molar-refractivity contribution in [2.45, 2.75) is 6.54 Å². The molecule has 3 aromatic carbocycles. The molecule has 6 heteroatoms. The summed E-state index contributed by atoms with van der Waals surface area (Å²) in [4.78, 5) is 10.4. The minimum atomic E-state index is -0.454. The number of para-hydroxylation sites is 2. The summed E-state index contributed by atoms with van der Waals surface area (Å²) in [5.74, 6) is 0.823. The van der Waals surface area contributed by atoms with Crippen LogP contribution >= 0.6 is 0 Å². The first-order chi connectivity index (χ1) is 15.2. The van der Waals surface area contributed by atoms with Gasteiger partial charge in [-0.1, -0.05) is 36.4 Å². The summed E-state index contributed by atoms with van der Waals surface area (Å²) in [6, 6.07) is 25.9. The normalized spacial score (nSPS) is 11.3. The van der Waals surface area contributed by atoms with E-state index in [9.17, 15) is 15.4 Å². The lowest BCUT2D eigenvalue weighted by molar-refractivity contribution is -0.384. The number of nitro benzene ring substituents is 1. The number of non-ortho nitro benzene ring substituents is 1. The Morgan fingerprint density at radius 2 is 1.74 bits per heavy atom. The van der Waals surface area contributed by atoms with E-state index in [0.29, 0.717) is 24.3 Å². The van der Waals surface area contributed by atoms with Crippen LogP contribution in [0.3, 0.4) is 0 Å². The van der Waals surface area contributed by atoms with Crippen LogP contribution in [0.1, 0.15) is 11.1 Å². The van der Waals surface area contributed by atoms with Crippen molar-refractivity contribution in [1.82, 2.24) is 4.57 Å². The van der Waals surface area contributed by atoms with Gasteiger partial charge in [0.25, 0.3) is 5.69 Å². The van der Waals surface area contributed by atoms with Gasteiger partial charge in [0.2, 0.25) is 0 Å². The highest BCUT2D eigenvalue weighted by Crippen LogP contribution is 2.27. The first kappa shape index (κ1) is 19.9. The molecule has 152 valence electrons. The van der Waals surface area contributed by atoms with Gasteiger partial charge in [0, 0.05) is 34.8 Å². The van der Waals surface area contributed by atoms with E-state index in [4.69, 9.17) is 4.74 Å². The third-order valence-electron chi connectivity index (χ3n) is 4.97. The van der Waals surface area contributed by atoms with Crippen LogP contribution in [-0.2, 0) is 6.54 Å². The zero-order valence-electron chi connectivity index (χ0n) is 16.6. The molecule has 0 fully saturated rings. The van der Waals surface area contributed by atoms with Crippen molar-refractivity contribution in [2.24, 2.45) is 0 Å². The minimum absolute atomic E-state index is 0.00365. The summed E-state index contributed by atoms with van der Waals surface area (Å²) < 4.78 is 7.93. The Morgan fingerprint density at radius 3 is 2.45 bits per heavy atom. The Kier molecular flexibility index (Phi) is 5.77. The quantitative estimate of drug-likeness (QED) is 0.223. The van der Waals surface area contributed by atoms with Crippen LogP contribution in [-0.4, -0.2) is 16.1 Å². The average molecular weight is 409 g/mol. The zero-order chi connectivity index (χ0) is 21.6. The summed E-state index contributed by atoms with van der Waals surface area (Å²) in [6.45, 7) is 1.17. The van der Waals surface area contributed by atoms with Crippen molar-refractivity contribution in [3.8, 4) is 11.8 Å². The third kappa shape index (κ3) is 4.46. The number of ether oxygens (including phenoxy) is 1. The number of nitro groups is 1. The Hall–Kier alpha value is -4.37. The van der Waals surface area contributed by atoms with Crippen LogP contribution in [0.2, 0.25) is 0 Å². The van der Waals surface area contributed by atoms with E-state index in [1.54, 1.807) is 12.1 Å². The van der Waals surface area contributed by atoms with E-state index < -0.39 is 4.92 Å². The molecular formula is C25H19N3O3. The molecule has 0 aliphatic carbocycles. The predicted octanol–water partition coefficient (Wildman–Crippen LogP) is 5.69. The molecule has 0 atom stereocenters. The van der Waals surface area contributed by atoms with Gasteiger partial charge in [-0.05, 0) is 42.0 Å². The molecule has 0 aliphatic heterocycles. The van der Waals surface area contributed by atoms with Crippen molar-refractivity contribution in [3.05, 3.63) is 106 Å². The fourth-order valence-corrected chi connectivity index (χ4v) is 3.45. The fraction of sp³-hybridized carbons (Fsp3) is 0.0800. The number of aromatic nitrogens is 1. The highest BCUT2D eigenvalue weighted by atomic mass is 16.6. The number of nitriles is 1. The molecule has 4 rings (SSSR count). The Balaban J connectivity index is 1.62. The van der Waals surface area contributed by atoms with Gasteiger partial charge in [0.1, 0.15) is 12.4 Å². The van der Waals surface area contributed by atoms with Crippen molar-refractivity contribution in [3.63, 3.8) is 0 Å². The lowest BCUT2D eigenvalue weighted by atomic mass is 10.0. The summed E-state index contributed by atoms with van der Waals surface area (Å²) >= 11 is 0. The Bertz CT molecular complexity index is 1280. The maximum absolute atomic E-state index is 10.9. The van der Waals surface area contributed by atoms with Gasteiger partial charge in [-0.15, -0.1) is 0 Å². The number of hydrogen-bond acceptors (Lipinski definition) is 4. The molecule has 0 saturated heterocycles. The van der Waals surface area contributed by atoms with Crippen LogP contribution in [0.5, 0.6) is 5.75 Å². The van der Waals surface area contributed by atoms with E-state index in [1.807, 2.05) is 66.9 Å². The second-order valence-corrected chi connectivity index (χ2v) is 6.93. The molecule has 0 N–H and O–H groups in total. The van der Waals surface area contributed by atoms with Gasteiger partial charge in [-0.3, -0.25) is 10.1 Å². The van der Waals surface area contributed by atoms with E-state index in [-0.39, 0.29) is 5.69 Å². The molecule has 0 bridgehead atoms. The van der Waals surface area contributed by atoms with Gasteiger partial charge < -0.3 is 9.30 Å². The highest BCUT2D eigenvalue weighted by molar-refractivity contribution is 5.98. The lowest BCUT2D eigenvalue weighted by Gasteiger charge is -2.08. The van der Waals surface area contributed by atoms with E-state index >= 15 is 0 Å². The zero-order valence-corrected chi connectivity index (χ0v) is 16.6. The molecule has 31 heavy (non-hydrogen) atoms. The van der Waals surface area contributed by atoms with Crippen molar-refractivity contribution in [1.29, 1.82) is 5.26 Å². The van der Waals surface area contributed by atoms with Gasteiger partial charge >= 0.3 is 0 Å². The first-order valence-corrected chi connectivity index (χ1v) is 9.78. The van der Waals surface area contributed by atoms with Crippen LogP contribution in [0.25, 0.3) is 22.6 Å². The number of allylic oxidation sites excluding steroid dienone is 1. The fourth-order valence-electron chi connectivity index (χ4n) is 3.45. The molecule has 4 aromatic rings. The van der Waals surface area contributed by atoms with E-state index in [0.717, 1.165) is 22.2 Å². The van der Waals surface area contributed by atoms with Crippen LogP contribution in [0.15, 0.2) is 85.1 Å². The van der Waals surface area contributed by atoms with Crippen molar-refractivity contribution >= 4 is 28.2 Å². The van der Waals surface area contributed by atoms with E-state index in [2.05, 4.69) is 10.6 Å². The highest BCUT2D eigenvalue weighted by Gasteiger charge is 2.10.